The topological polar surface area (TPSA) is 98.1 Å². The van der Waals surface area contributed by atoms with Gasteiger partial charge in [0.1, 0.15) is 12.4 Å². The fourth-order valence-electron chi connectivity index (χ4n) is 4.40. The largest absolute Gasteiger partial charge is 0.447 e. The maximum atomic E-state index is 12.4. The number of aromatic nitrogens is 5. The van der Waals surface area contributed by atoms with Crippen molar-refractivity contribution in [2.24, 2.45) is 5.92 Å². The Bertz CT molecular complexity index is 1200. The highest BCUT2D eigenvalue weighted by Crippen LogP contribution is 2.47. The predicted octanol–water partition coefficient (Wildman–Crippen LogP) is 3.91. The summed E-state index contributed by atoms with van der Waals surface area (Å²) in [5, 5.41) is 4.20. The second-order valence-electron chi connectivity index (χ2n) is 9.12. The van der Waals surface area contributed by atoms with Crippen LogP contribution in [0.15, 0.2) is 36.8 Å². The molecule has 0 spiro atoms. The van der Waals surface area contributed by atoms with E-state index in [0.29, 0.717) is 30.2 Å². The van der Waals surface area contributed by atoms with Crippen molar-refractivity contribution >= 4 is 29.6 Å². The molecule has 1 aliphatic heterocycles. The van der Waals surface area contributed by atoms with Crippen LogP contribution in [0.2, 0.25) is 5.02 Å². The highest BCUT2D eigenvalue weighted by atomic mass is 35.5. The number of imidazole rings is 1. The van der Waals surface area contributed by atoms with Crippen molar-refractivity contribution in [3.05, 3.63) is 58.9 Å². The third-order valence-corrected chi connectivity index (χ3v) is 6.78. The van der Waals surface area contributed by atoms with Gasteiger partial charge < -0.3 is 14.6 Å². The van der Waals surface area contributed by atoms with E-state index in [1.807, 2.05) is 37.5 Å². The van der Waals surface area contributed by atoms with Crippen LogP contribution in [0.5, 0.6) is 0 Å². The number of carbonyl (C=O) groups excluding carboxylic acids is 1. The Morgan fingerprint density at radius 3 is 2.70 bits per heavy atom. The molecule has 2 aliphatic carbocycles. The van der Waals surface area contributed by atoms with Crippen molar-refractivity contribution in [3.63, 3.8) is 0 Å². The number of nitrogens with zero attached hydrogens (tertiary/aromatic N) is 6. The normalized spacial score (nSPS) is 21.2. The average Bonchev–Trinajstić information content (AvgIpc) is 3.70. The van der Waals surface area contributed by atoms with E-state index < -0.39 is 0 Å². The first-order valence-corrected chi connectivity index (χ1v) is 11.6. The van der Waals surface area contributed by atoms with Crippen LogP contribution in [-0.4, -0.2) is 43.2 Å². The van der Waals surface area contributed by atoms with Gasteiger partial charge in [0.2, 0.25) is 11.9 Å². The van der Waals surface area contributed by atoms with E-state index >= 15 is 0 Å². The monoisotopic (exact) mass is 465 g/mol. The Labute approximate surface area is 196 Å². The van der Waals surface area contributed by atoms with Gasteiger partial charge in [-0.25, -0.2) is 14.7 Å². The Hall–Kier alpha value is -3.20. The number of ether oxygens (including phenoxy) is 1. The van der Waals surface area contributed by atoms with E-state index in [1.165, 1.54) is 0 Å². The number of hydrogen-bond donors (Lipinski definition) is 1. The Morgan fingerprint density at radius 2 is 1.97 bits per heavy atom. The number of amides is 1. The quantitative estimate of drug-likeness (QED) is 0.564. The molecule has 1 aromatic carbocycles. The summed E-state index contributed by atoms with van der Waals surface area (Å²) in [6.45, 7) is 2.92. The molecule has 1 atom stereocenters. The van der Waals surface area contributed by atoms with Crippen LogP contribution < -0.4 is 10.2 Å². The number of aryl methyl sites for hydroxylation is 1. The highest BCUT2D eigenvalue weighted by molar-refractivity contribution is 6.30. The third kappa shape index (κ3) is 4.01. The van der Waals surface area contributed by atoms with Gasteiger partial charge >= 0.3 is 6.09 Å². The van der Waals surface area contributed by atoms with Gasteiger partial charge in [0.15, 0.2) is 0 Å². The van der Waals surface area contributed by atoms with Gasteiger partial charge in [-0.3, -0.25) is 0 Å². The molecule has 9 nitrogen and oxygen atoms in total. The molecule has 3 heterocycles. The van der Waals surface area contributed by atoms with Gasteiger partial charge in [0.25, 0.3) is 0 Å². The molecule has 10 heteroatoms. The molecular formula is C23H24ClN7O2. The van der Waals surface area contributed by atoms with Crippen LogP contribution in [0.3, 0.4) is 0 Å². The summed E-state index contributed by atoms with van der Waals surface area (Å²) in [6, 6.07) is 7.82. The van der Waals surface area contributed by atoms with E-state index in [4.69, 9.17) is 16.3 Å². The molecule has 170 valence electrons. The molecule has 1 amide bonds. The van der Waals surface area contributed by atoms with Crippen molar-refractivity contribution in [1.82, 2.24) is 24.5 Å². The maximum Gasteiger partial charge on any atom is 0.417 e. The summed E-state index contributed by atoms with van der Waals surface area (Å²) in [5.74, 6) is 1.83. The molecule has 6 rings (SSSR count). The van der Waals surface area contributed by atoms with E-state index in [-0.39, 0.29) is 17.7 Å². The Kier molecular flexibility index (Phi) is 4.76. The molecule has 1 N–H and O–H groups in total. The van der Waals surface area contributed by atoms with E-state index in [9.17, 15) is 4.79 Å². The van der Waals surface area contributed by atoms with Gasteiger partial charge in [0.05, 0.1) is 23.6 Å². The third-order valence-electron chi connectivity index (χ3n) is 6.53. The predicted molar refractivity (Wildman–Crippen MR) is 122 cm³/mol. The van der Waals surface area contributed by atoms with E-state index in [2.05, 4.69) is 36.0 Å². The molecule has 2 saturated carbocycles. The maximum absolute atomic E-state index is 12.4. The zero-order valence-electron chi connectivity index (χ0n) is 18.2. The molecule has 3 aromatic rings. The molecule has 2 aromatic heterocycles. The van der Waals surface area contributed by atoms with Gasteiger partial charge in [-0.15, -0.1) is 0 Å². The van der Waals surface area contributed by atoms with Crippen molar-refractivity contribution in [2.45, 2.75) is 50.7 Å². The first kappa shape index (κ1) is 20.4. The molecule has 3 aliphatic rings. The fraction of sp³-hybridized carbons (Fsp3) is 0.435. The second-order valence-corrected chi connectivity index (χ2v) is 9.56. The lowest BCUT2D eigenvalue weighted by atomic mass is 10.2. The van der Waals surface area contributed by atoms with Gasteiger partial charge in [0, 0.05) is 17.8 Å². The van der Waals surface area contributed by atoms with Crippen LogP contribution in [-0.2, 0) is 16.8 Å². The number of carbonyl (C=O) groups is 1. The second kappa shape index (κ2) is 7.69. The molecule has 3 fully saturated rings. The minimum Gasteiger partial charge on any atom is -0.447 e. The molecule has 0 unspecified atom stereocenters. The van der Waals surface area contributed by atoms with Crippen molar-refractivity contribution in [3.8, 4) is 0 Å². The van der Waals surface area contributed by atoms with Gasteiger partial charge in [-0.2, -0.15) is 15.0 Å². The first-order valence-electron chi connectivity index (χ1n) is 11.2. The van der Waals surface area contributed by atoms with Gasteiger partial charge in [-0.05, 0) is 56.2 Å². The number of halogens is 1. The van der Waals surface area contributed by atoms with Crippen LogP contribution >= 0.6 is 11.6 Å². The van der Waals surface area contributed by atoms with Gasteiger partial charge in [-0.1, -0.05) is 23.7 Å². The van der Waals surface area contributed by atoms with Crippen LogP contribution in [0.25, 0.3) is 0 Å². The summed E-state index contributed by atoms with van der Waals surface area (Å²) in [7, 11) is 0. The lowest BCUT2D eigenvalue weighted by Crippen LogP contribution is -2.37. The SMILES string of the molecule is Cc1nc(NC2(c3cn(Cc4ccc(Cl)cc4)cn3)CC2)nc(N2C(=O)OC[C@@H]2C2CC2)n1. The summed E-state index contributed by atoms with van der Waals surface area (Å²) in [4.78, 5) is 32.2. The first-order chi connectivity index (χ1) is 16.0. The molecule has 33 heavy (non-hydrogen) atoms. The number of nitrogens with one attached hydrogen (secondary N) is 1. The van der Waals surface area contributed by atoms with E-state index in [1.54, 1.807) is 4.90 Å². The lowest BCUT2D eigenvalue weighted by Gasteiger charge is -2.21. The van der Waals surface area contributed by atoms with E-state index in [0.717, 1.165) is 48.5 Å². The lowest BCUT2D eigenvalue weighted by molar-refractivity contribution is 0.178. The Morgan fingerprint density at radius 1 is 1.18 bits per heavy atom. The van der Waals surface area contributed by atoms with Crippen LogP contribution in [0.1, 0.15) is 42.8 Å². The number of rotatable bonds is 7. The molecular weight excluding hydrogens is 442 g/mol. The van der Waals surface area contributed by atoms with Crippen molar-refractivity contribution in [1.29, 1.82) is 0 Å². The summed E-state index contributed by atoms with van der Waals surface area (Å²) in [6.07, 6.45) is 7.60. The number of cyclic esters (lactones) is 1. The molecule has 0 radical (unpaired) electrons. The van der Waals surface area contributed by atoms with Crippen molar-refractivity contribution in [2.75, 3.05) is 16.8 Å². The molecule has 1 saturated heterocycles. The minimum atomic E-state index is -0.384. The van der Waals surface area contributed by atoms with Crippen LogP contribution in [0, 0.1) is 12.8 Å². The summed E-state index contributed by atoms with van der Waals surface area (Å²) in [5.41, 5.74) is 1.80. The summed E-state index contributed by atoms with van der Waals surface area (Å²) < 4.78 is 7.36. The minimum absolute atomic E-state index is 0.00519. The number of benzene rings is 1. The highest BCUT2D eigenvalue weighted by Gasteiger charge is 2.48. The summed E-state index contributed by atoms with van der Waals surface area (Å²) >= 11 is 5.99. The standard InChI is InChI=1S/C23H24ClN7O2/c1-14-26-20(28-21(27-14)31-18(16-4-5-16)12-33-22(31)32)29-23(8-9-23)19-11-30(13-25-19)10-15-2-6-17(24)7-3-15/h2-3,6-7,11,13,16,18H,4-5,8-10,12H2,1H3,(H,26,27,28,29)/t18-/m1/s1. The Balaban J connectivity index is 1.22. The zero-order chi connectivity index (χ0) is 22.6. The number of hydrogen-bond acceptors (Lipinski definition) is 7. The molecule has 0 bridgehead atoms. The van der Waals surface area contributed by atoms with Crippen molar-refractivity contribution < 1.29 is 9.53 Å². The fourth-order valence-corrected chi connectivity index (χ4v) is 4.53. The number of anilines is 2. The average molecular weight is 466 g/mol. The van der Waals surface area contributed by atoms with Crippen LogP contribution in [0.4, 0.5) is 16.7 Å². The smallest absolute Gasteiger partial charge is 0.417 e. The zero-order valence-corrected chi connectivity index (χ0v) is 19.0.